The summed E-state index contributed by atoms with van der Waals surface area (Å²) in [6.07, 6.45) is 11.9. The Labute approximate surface area is 428 Å². The normalized spacial score (nSPS) is 14.5. The van der Waals surface area contributed by atoms with E-state index >= 15 is 0 Å². The van der Waals surface area contributed by atoms with Crippen molar-refractivity contribution in [2.24, 2.45) is 20.0 Å². The van der Waals surface area contributed by atoms with Crippen LogP contribution < -0.4 is 42.5 Å². The predicted octanol–water partition coefficient (Wildman–Crippen LogP) is 7.36. The minimum Gasteiger partial charge on any atom is -0.354 e. The lowest BCUT2D eigenvalue weighted by atomic mass is 10.2. The molecule has 4 aliphatic rings. The number of nitrogens with one attached hydrogen (secondary N) is 8. The first-order chi connectivity index (χ1) is 33.8. The number of nitrogens with zero attached hydrogens (tertiary/aromatic N) is 12. The molecule has 4 aromatic carbocycles. The van der Waals surface area contributed by atoms with Gasteiger partial charge in [0.25, 0.3) is 0 Å². The summed E-state index contributed by atoms with van der Waals surface area (Å²) in [6, 6.07) is 15.7. The zero-order chi connectivity index (χ0) is 47.5. The van der Waals surface area contributed by atoms with Gasteiger partial charge in [-0.2, -0.15) is 0 Å². The Morgan fingerprint density at radius 3 is 1.46 bits per heavy atom. The molecule has 0 spiro atoms. The van der Waals surface area contributed by atoms with Gasteiger partial charge < -0.3 is 42.5 Å². The van der Waals surface area contributed by atoms with E-state index in [4.69, 9.17) is 0 Å². The minimum atomic E-state index is 0.791. The maximum atomic E-state index is 4.50. The van der Waals surface area contributed by atoms with Crippen LogP contribution in [-0.4, -0.2) is 116 Å². The molecule has 0 saturated carbocycles. The summed E-state index contributed by atoms with van der Waals surface area (Å²) in [4.78, 5) is 51.8. The highest BCUT2D eigenvalue weighted by Crippen LogP contribution is 2.31. The molecule has 0 fully saturated rings. The zero-order valence-corrected chi connectivity index (χ0v) is 43.0. The summed E-state index contributed by atoms with van der Waals surface area (Å²) >= 11 is 14.1. The quantitative estimate of drug-likeness (QED) is 0.0857. The van der Waals surface area contributed by atoms with Crippen LogP contribution in [0.3, 0.4) is 0 Å². The Morgan fingerprint density at radius 2 is 0.884 bits per heavy atom. The van der Waals surface area contributed by atoms with Gasteiger partial charge in [0, 0.05) is 84.2 Å². The van der Waals surface area contributed by atoms with Crippen molar-refractivity contribution in [2.75, 3.05) is 73.6 Å². The lowest BCUT2D eigenvalue weighted by Crippen LogP contribution is -2.26. The van der Waals surface area contributed by atoms with E-state index < -0.39 is 0 Å². The molecule has 0 amide bonds. The van der Waals surface area contributed by atoms with Gasteiger partial charge >= 0.3 is 0 Å². The first kappa shape index (κ1) is 47.3. The van der Waals surface area contributed by atoms with Crippen LogP contribution in [0.5, 0.6) is 0 Å². The molecular formula is C45H42Br4N20. The van der Waals surface area contributed by atoms with Crippen molar-refractivity contribution in [3.8, 4) is 0 Å². The van der Waals surface area contributed by atoms with Crippen molar-refractivity contribution in [1.29, 1.82) is 0 Å². The number of benzene rings is 4. The highest BCUT2D eigenvalue weighted by molar-refractivity contribution is 9.11. The summed E-state index contributed by atoms with van der Waals surface area (Å²) in [7, 11) is 0. The number of guanidine groups is 4. The van der Waals surface area contributed by atoms with Gasteiger partial charge in [-0.25, -0.2) is 4.98 Å². The van der Waals surface area contributed by atoms with Crippen LogP contribution >= 0.6 is 63.7 Å². The third-order valence-corrected chi connectivity index (χ3v) is 13.0. The number of hydrogen-bond donors (Lipinski definition) is 8. The van der Waals surface area contributed by atoms with Gasteiger partial charge in [0.15, 0.2) is 23.8 Å². The second kappa shape index (κ2) is 22.6. The summed E-state index contributed by atoms with van der Waals surface area (Å²) in [5.74, 6) is 3.20. The van der Waals surface area contributed by atoms with Crippen molar-refractivity contribution >= 4 is 154 Å². The number of anilines is 4. The second-order valence-electron chi connectivity index (χ2n) is 15.0. The van der Waals surface area contributed by atoms with Crippen molar-refractivity contribution in [1.82, 2.24) is 61.1 Å². The van der Waals surface area contributed by atoms with Crippen LogP contribution in [-0.2, 0) is 0 Å². The molecule has 4 aromatic heterocycles. The number of aliphatic imine (C=N–C) groups is 4. The molecule has 0 bridgehead atoms. The minimum absolute atomic E-state index is 0.791. The monoisotopic (exact) mass is 1180 g/mol. The molecule has 12 rings (SSSR count). The predicted molar refractivity (Wildman–Crippen MR) is 289 cm³/mol. The zero-order valence-electron chi connectivity index (χ0n) is 36.7. The maximum absolute atomic E-state index is 4.50. The lowest BCUT2D eigenvalue weighted by molar-refractivity contribution is 0.959. The summed E-state index contributed by atoms with van der Waals surface area (Å²) in [5.41, 5.74) is 11.5. The molecule has 8 aromatic rings. The van der Waals surface area contributed by atoms with Crippen LogP contribution in [0.2, 0.25) is 0 Å². The highest BCUT2D eigenvalue weighted by Gasteiger charge is 2.14. The van der Waals surface area contributed by atoms with Gasteiger partial charge in [-0.1, -0.05) is 0 Å². The third-order valence-electron chi connectivity index (χ3n) is 10.2. The number of aryl methyl sites for hydroxylation is 1. The Balaban J connectivity index is 0.000000115. The Kier molecular flexibility index (Phi) is 15.5. The Bertz CT molecular complexity index is 3290. The average Bonchev–Trinajstić information content (AvgIpc) is 4.25. The smallest absolute Gasteiger partial charge is 0.195 e. The summed E-state index contributed by atoms with van der Waals surface area (Å²) < 4.78 is 3.67. The SMILES string of the molecule is Brc1c(NC2=NCCN2)ccc2nccnc12.Brc1cc(NC2=NCCN2)cc2nccnc12.Brc1ccc(NC2=NCCN2)c2nccnc12.Cc1cnc2ccc(NC3=NCCN3)c(Br)c2n1. The average molecular weight is 1180 g/mol. The van der Waals surface area contributed by atoms with E-state index in [1.54, 1.807) is 43.4 Å². The maximum Gasteiger partial charge on any atom is 0.195 e. The van der Waals surface area contributed by atoms with Crippen molar-refractivity contribution in [3.05, 3.63) is 115 Å². The first-order valence-electron chi connectivity index (χ1n) is 21.6. The number of hydrogen-bond acceptors (Lipinski definition) is 20. The van der Waals surface area contributed by atoms with E-state index in [2.05, 4.69) is 166 Å². The molecule has 69 heavy (non-hydrogen) atoms. The standard InChI is InChI=1S/C12H12BrN5.3C11H10BrN5/c1-7-6-16-9-3-2-8(10(13)11(9)17-7)18-12-14-4-5-15-12;12-8-5-7(17-11-15-3-4-16-11)6-9-10(8)14-2-1-13-9;12-9-7(17-11-15-5-6-16-11)1-2-8-10(9)14-4-3-13-8;12-7-1-2-8(17-11-15-5-6-16-11)10-9(7)13-3-4-14-10/h2-3,6H,4-5H2,1H3,(H2,14,15,18);1-2,5-6H,3-4H2,(H2,15,16,17);2*1-4H,5-6H2,(H2,15,16,17). The molecule has 24 heteroatoms. The molecule has 8 heterocycles. The van der Waals surface area contributed by atoms with Crippen molar-refractivity contribution < 1.29 is 0 Å². The van der Waals surface area contributed by atoms with E-state index in [0.717, 1.165) is 167 Å². The third kappa shape index (κ3) is 11.9. The molecule has 0 saturated heterocycles. The van der Waals surface area contributed by atoms with Gasteiger partial charge in [-0.3, -0.25) is 54.9 Å². The molecule has 0 aliphatic carbocycles. The van der Waals surface area contributed by atoms with Gasteiger partial charge in [0.1, 0.15) is 27.6 Å². The summed E-state index contributed by atoms with van der Waals surface area (Å²) in [6.45, 7) is 8.71. The fourth-order valence-corrected chi connectivity index (χ4v) is 9.04. The molecule has 350 valence electrons. The fourth-order valence-electron chi connectivity index (χ4n) is 7.00. The van der Waals surface area contributed by atoms with E-state index in [1.807, 2.05) is 55.5 Å². The molecule has 0 unspecified atom stereocenters. The summed E-state index contributed by atoms with van der Waals surface area (Å²) in [5, 5.41) is 25.6. The van der Waals surface area contributed by atoms with Crippen LogP contribution in [0, 0.1) is 6.92 Å². The van der Waals surface area contributed by atoms with E-state index in [0.29, 0.717) is 0 Å². The molecule has 0 radical (unpaired) electrons. The molecule has 0 atom stereocenters. The van der Waals surface area contributed by atoms with Gasteiger partial charge in [-0.05, 0) is 119 Å². The van der Waals surface area contributed by atoms with Gasteiger partial charge in [0.2, 0.25) is 0 Å². The second-order valence-corrected chi connectivity index (χ2v) is 18.3. The van der Waals surface area contributed by atoms with E-state index in [1.165, 1.54) is 0 Å². The topological polar surface area (TPSA) is 249 Å². The van der Waals surface area contributed by atoms with E-state index in [9.17, 15) is 0 Å². The first-order valence-corrected chi connectivity index (χ1v) is 24.7. The van der Waals surface area contributed by atoms with Gasteiger partial charge in [0.05, 0.1) is 74.4 Å². The molecule has 20 nitrogen and oxygen atoms in total. The number of rotatable bonds is 4. The van der Waals surface area contributed by atoms with Gasteiger partial charge in [-0.15, -0.1) is 0 Å². The van der Waals surface area contributed by atoms with Crippen molar-refractivity contribution in [3.63, 3.8) is 0 Å². The van der Waals surface area contributed by atoms with E-state index in [-0.39, 0.29) is 0 Å². The Morgan fingerprint density at radius 1 is 0.420 bits per heavy atom. The molecule has 4 aliphatic heterocycles. The van der Waals surface area contributed by atoms with Crippen LogP contribution in [0.15, 0.2) is 130 Å². The largest absolute Gasteiger partial charge is 0.354 e. The molecule has 8 N–H and O–H groups in total. The fraction of sp³-hybridized carbons (Fsp3) is 0.200. The van der Waals surface area contributed by atoms with Crippen LogP contribution in [0.1, 0.15) is 5.69 Å². The van der Waals surface area contributed by atoms with Crippen molar-refractivity contribution in [2.45, 2.75) is 6.92 Å². The number of aromatic nitrogens is 8. The van der Waals surface area contributed by atoms with Crippen LogP contribution in [0.4, 0.5) is 22.7 Å². The molecular weight excluding hydrogens is 1140 g/mol. The lowest BCUT2D eigenvalue weighted by Gasteiger charge is -2.10. The Hall–Kier alpha value is -6.76. The highest BCUT2D eigenvalue weighted by atomic mass is 79.9. The van der Waals surface area contributed by atoms with Crippen LogP contribution in [0.25, 0.3) is 44.1 Å². The number of halogens is 4. The number of fused-ring (bicyclic) bond motifs is 4.